The van der Waals surface area contributed by atoms with Crippen LogP contribution in [-0.4, -0.2) is 22.8 Å². The summed E-state index contributed by atoms with van der Waals surface area (Å²) in [5, 5.41) is 6.96. The molecular weight excluding hydrogens is 411 g/mol. The number of halogens is 4. The lowest BCUT2D eigenvalue weighted by atomic mass is 10.1. The first-order valence-electron chi connectivity index (χ1n) is 8.31. The van der Waals surface area contributed by atoms with Gasteiger partial charge < -0.3 is 14.5 Å². The minimum Gasteiger partial charge on any atom is -0.495 e. The molecule has 6 nitrogen and oxygen atoms in total. The fourth-order valence-corrected chi connectivity index (χ4v) is 3.50. The number of hydrogen-bond acceptors (Lipinski definition) is 4. The molecular formula is C19H13ClF3N3O3. The first-order chi connectivity index (χ1) is 13.7. The second-order valence-corrected chi connectivity index (χ2v) is 6.61. The second kappa shape index (κ2) is 6.70. The van der Waals surface area contributed by atoms with Crippen LogP contribution in [0.25, 0.3) is 21.9 Å². The van der Waals surface area contributed by atoms with Gasteiger partial charge in [0.15, 0.2) is 11.4 Å². The van der Waals surface area contributed by atoms with Crippen molar-refractivity contribution in [3.63, 3.8) is 0 Å². The van der Waals surface area contributed by atoms with Crippen LogP contribution in [-0.2, 0) is 13.2 Å². The number of hydrogen-bond donors (Lipinski definition) is 1. The molecule has 150 valence electrons. The van der Waals surface area contributed by atoms with E-state index < -0.39 is 28.5 Å². The summed E-state index contributed by atoms with van der Waals surface area (Å²) in [7, 11) is 2.47. The third-order valence-corrected chi connectivity index (χ3v) is 4.78. The topological polar surface area (TPSA) is 69.3 Å². The number of alkyl halides is 3. The van der Waals surface area contributed by atoms with Crippen molar-refractivity contribution in [1.82, 2.24) is 9.78 Å². The van der Waals surface area contributed by atoms with Gasteiger partial charge in [0, 0.05) is 23.9 Å². The summed E-state index contributed by atoms with van der Waals surface area (Å²) in [6, 6.07) is 10.6. The lowest BCUT2D eigenvalue weighted by Gasteiger charge is -2.09. The number of benzene rings is 2. The predicted octanol–water partition coefficient (Wildman–Crippen LogP) is 5.25. The SMILES string of the molecule is COc1cc2c(cc1NC(=O)c1nn(C)c(C(F)(F)F)c1Cl)oc1ccccc12. The molecule has 2 aromatic carbocycles. The maximum atomic E-state index is 13.1. The fraction of sp³-hybridized carbons (Fsp3) is 0.158. The van der Waals surface area contributed by atoms with E-state index in [1.54, 1.807) is 12.1 Å². The number of aromatic nitrogens is 2. The highest BCUT2D eigenvalue weighted by Crippen LogP contribution is 2.38. The molecule has 10 heteroatoms. The molecule has 0 aliphatic carbocycles. The van der Waals surface area contributed by atoms with Crippen LogP contribution in [0.3, 0.4) is 0 Å². The van der Waals surface area contributed by atoms with E-state index in [-0.39, 0.29) is 5.69 Å². The van der Waals surface area contributed by atoms with Crippen molar-refractivity contribution in [1.29, 1.82) is 0 Å². The summed E-state index contributed by atoms with van der Waals surface area (Å²) in [5.41, 5.74) is -0.419. The lowest BCUT2D eigenvalue weighted by molar-refractivity contribution is -0.143. The Morgan fingerprint density at radius 1 is 1.21 bits per heavy atom. The standard InChI is InChI=1S/C19H13ClF3N3O3/c1-26-17(19(21,22)23)15(20)16(25-26)18(27)24-11-8-13-10(7-14(11)28-2)9-5-3-4-6-12(9)29-13/h3-8H,1-2H3,(H,24,27). The molecule has 1 N–H and O–H groups in total. The average molecular weight is 424 g/mol. The maximum absolute atomic E-state index is 13.1. The van der Waals surface area contributed by atoms with Crippen LogP contribution in [0.5, 0.6) is 5.75 Å². The Kier molecular flexibility index (Phi) is 4.42. The zero-order valence-electron chi connectivity index (χ0n) is 15.1. The van der Waals surface area contributed by atoms with Crippen molar-refractivity contribution in [3.8, 4) is 5.75 Å². The number of anilines is 1. The number of nitrogens with zero attached hydrogens (tertiary/aromatic N) is 2. The van der Waals surface area contributed by atoms with Crippen LogP contribution < -0.4 is 10.1 Å². The molecule has 0 spiro atoms. The quantitative estimate of drug-likeness (QED) is 0.488. The number of para-hydroxylation sites is 1. The smallest absolute Gasteiger partial charge is 0.434 e. The summed E-state index contributed by atoms with van der Waals surface area (Å²) in [4.78, 5) is 12.6. The van der Waals surface area contributed by atoms with Crippen molar-refractivity contribution in [2.75, 3.05) is 12.4 Å². The Labute approximate surface area is 166 Å². The van der Waals surface area contributed by atoms with E-state index in [0.29, 0.717) is 21.6 Å². The van der Waals surface area contributed by atoms with E-state index in [0.717, 1.165) is 17.8 Å². The van der Waals surface area contributed by atoms with Gasteiger partial charge in [0.1, 0.15) is 21.9 Å². The molecule has 2 heterocycles. The molecule has 1 amide bonds. The van der Waals surface area contributed by atoms with Crippen molar-refractivity contribution < 1.29 is 27.1 Å². The zero-order valence-corrected chi connectivity index (χ0v) is 15.9. The van der Waals surface area contributed by atoms with Gasteiger partial charge in [-0.15, -0.1) is 0 Å². The first kappa shape index (κ1) is 19.1. The zero-order chi connectivity index (χ0) is 20.9. The van der Waals surface area contributed by atoms with Gasteiger partial charge in [-0.1, -0.05) is 29.8 Å². The summed E-state index contributed by atoms with van der Waals surface area (Å²) in [5.74, 6) is -0.602. The molecule has 2 aromatic heterocycles. The molecule has 0 unspecified atom stereocenters. The van der Waals surface area contributed by atoms with Gasteiger partial charge in [-0.3, -0.25) is 9.48 Å². The molecule has 0 radical (unpaired) electrons. The van der Waals surface area contributed by atoms with Gasteiger partial charge in [-0.05, 0) is 12.1 Å². The van der Waals surface area contributed by atoms with E-state index in [1.165, 1.54) is 13.2 Å². The number of fused-ring (bicyclic) bond motifs is 3. The third kappa shape index (κ3) is 3.17. The Balaban J connectivity index is 1.76. The molecule has 4 aromatic rings. The van der Waals surface area contributed by atoms with Crippen LogP contribution in [0.4, 0.5) is 18.9 Å². The maximum Gasteiger partial charge on any atom is 0.434 e. The van der Waals surface area contributed by atoms with E-state index in [9.17, 15) is 18.0 Å². The molecule has 0 atom stereocenters. The molecule has 4 rings (SSSR count). The monoisotopic (exact) mass is 423 g/mol. The molecule has 0 aliphatic rings. The summed E-state index contributed by atoms with van der Waals surface area (Å²) >= 11 is 5.78. The number of nitrogens with one attached hydrogen (secondary N) is 1. The Morgan fingerprint density at radius 3 is 2.59 bits per heavy atom. The predicted molar refractivity (Wildman–Crippen MR) is 101 cm³/mol. The van der Waals surface area contributed by atoms with Gasteiger partial charge in [0.05, 0.1) is 12.8 Å². The Bertz CT molecular complexity index is 1260. The van der Waals surface area contributed by atoms with E-state index in [4.69, 9.17) is 20.8 Å². The van der Waals surface area contributed by atoms with Gasteiger partial charge in [0.25, 0.3) is 5.91 Å². The van der Waals surface area contributed by atoms with Crippen LogP contribution in [0.1, 0.15) is 16.2 Å². The summed E-state index contributed by atoms with van der Waals surface area (Å²) < 4.78 is 50.9. The van der Waals surface area contributed by atoms with E-state index in [2.05, 4.69) is 10.4 Å². The number of rotatable bonds is 3. The van der Waals surface area contributed by atoms with Gasteiger partial charge >= 0.3 is 6.18 Å². The Hall–Kier alpha value is -3.20. The summed E-state index contributed by atoms with van der Waals surface area (Å²) in [6.45, 7) is 0. The van der Waals surface area contributed by atoms with Crippen LogP contribution in [0, 0.1) is 0 Å². The number of carbonyl (C=O) groups excluding carboxylic acids is 1. The van der Waals surface area contributed by atoms with Crippen molar-refractivity contribution in [2.24, 2.45) is 7.05 Å². The molecule has 0 saturated heterocycles. The Morgan fingerprint density at radius 2 is 1.93 bits per heavy atom. The number of carbonyl (C=O) groups is 1. The highest BCUT2D eigenvalue weighted by Gasteiger charge is 2.40. The van der Waals surface area contributed by atoms with Gasteiger partial charge in [-0.2, -0.15) is 18.3 Å². The summed E-state index contributed by atoms with van der Waals surface area (Å²) in [6.07, 6.45) is -4.75. The molecule has 0 bridgehead atoms. The van der Waals surface area contributed by atoms with E-state index in [1.807, 2.05) is 18.2 Å². The second-order valence-electron chi connectivity index (χ2n) is 6.23. The van der Waals surface area contributed by atoms with Crippen molar-refractivity contribution in [2.45, 2.75) is 6.18 Å². The number of methoxy groups -OCH3 is 1. The van der Waals surface area contributed by atoms with Crippen molar-refractivity contribution in [3.05, 3.63) is 52.8 Å². The number of ether oxygens (including phenoxy) is 1. The highest BCUT2D eigenvalue weighted by atomic mass is 35.5. The number of aryl methyl sites for hydroxylation is 1. The molecule has 0 fully saturated rings. The minimum absolute atomic E-state index is 0.208. The molecule has 29 heavy (non-hydrogen) atoms. The van der Waals surface area contributed by atoms with Crippen molar-refractivity contribution >= 4 is 45.1 Å². The minimum atomic E-state index is -4.75. The number of furan rings is 1. The van der Waals surface area contributed by atoms with E-state index >= 15 is 0 Å². The number of amides is 1. The van der Waals surface area contributed by atoms with Crippen LogP contribution in [0.15, 0.2) is 40.8 Å². The first-order valence-corrected chi connectivity index (χ1v) is 8.69. The molecule has 0 saturated carbocycles. The normalized spacial score (nSPS) is 11.9. The van der Waals surface area contributed by atoms with Gasteiger partial charge in [0.2, 0.25) is 0 Å². The third-order valence-electron chi connectivity index (χ3n) is 4.42. The lowest BCUT2D eigenvalue weighted by Crippen LogP contribution is -2.14. The van der Waals surface area contributed by atoms with Gasteiger partial charge in [-0.25, -0.2) is 0 Å². The highest BCUT2D eigenvalue weighted by molar-refractivity contribution is 6.35. The van der Waals surface area contributed by atoms with Crippen LogP contribution in [0.2, 0.25) is 5.02 Å². The van der Waals surface area contributed by atoms with Crippen LogP contribution >= 0.6 is 11.6 Å². The largest absolute Gasteiger partial charge is 0.495 e. The average Bonchev–Trinajstić information content (AvgIpc) is 3.16. The fourth-order valence-electron chi connectivity index (χ4n) is 3.15. The molecule has 0 aliphatic heterocycles.